The molecule has 0 atom stereocenters. The number of carbonyl (C=O) groups excluding carboxylic acids is 1. The van der Waals surface area contributed by atoms with Crippen molar-refractivity contribution in [1.82, 2.24) is 4.90 Å². The average Bonchev–Trinajstić information content (AvgIpc) is 3.08. The molecule has 4 nitrogen and oxygen atoms in total. The van der Waals surface area contributed by atoms with Crippen molar-refractivity contribution in [3.63, 3.8) is 0 Å². The van der Waals surface area contributed by atoms with Crippen molar-refractivity contribution in [2.75, 3.05) is 13.3 Å². The van der Waals surface area contributed by atoms with Gasteiger partial charge in [0.25, 0.3) is 0 Å². The number of nitrogens with zero attached hydrogens (tertiary/aromatic N) is 1. The summed E-state index contributed by atoms with van der Waals surface area (Å²) in [7, 11) is 0. The van der Waals surface area contributed by atoms with E-state index in [0.717, 1.165) is 48.4 Å². The summed E-state index contributed by atoms with van der Waals surface area (Å²) < 4.78 is 23.8. The minimum absolute atomic E-state index is 0.172. The van der Waals surface area contributed by atoms with E-state index in [1.807, 2.05) is 17.0 Å². The van der Waals surface area contributed by atoms with Crippen molar-refractivity contribution in [2.45, 2.75) is 32.2 Å². The number of carbonyl (C=O) groups is 1. The average molecular weight is 341 g/mol. The molecule has 1 amide bonds. The molecule has 0 aromatic heterocycles. The van der Waals surface area contributed by atoms with Gasteiger partial charge in [-0.05, 0) is 60.2 Å². The van der Waals surface area contributed by atoms with Crippen LogP contribution in [0.5, 0.6) is 11.5 Å². The van der Waals surface area contributed by atoms with E-state index in [1.54, 1.807) is 12.1 Å². The summed E-state index contributed by atoms with van der Waals surface area (Å²) in [5, 5.41) is 0. The smallest absolute Gasteiger partial charge is 0.231 e. The minimum atomic E-state index is -0.229. The van der Waals surface area contributed by atoms with Gasteiger partial charge in [-0.3, -0.25) is 4.79 Å². The summed E-state index contributed by atoms with van der Waals surface area (Å²) in [6, 6.07) is 10.5. The second kappa shape index (κ2) is 6.75. The SMILES string of the molecule is O=C(CCCc1ccc(F)cc1)N1CCc2cc3c(cc2C1)OCO3. The fourth-order valence-electron chi connectivity index (χ4n) is 3.41. The molecule has 2 heterocycles. The molecule has 0 saturated carbocycles. The number of halogens is 1. The summed E-state index contributed by atoms with van der Waals surface area (Å²) in [5.41, 5.74) is 3.44. The number of benzene rings is 2. The fraction of sp³-hybridized carbons (Fsp3) is 0.350. The summed E-state index contributed by atoms with van der Waals surface area (Å²) in [6.07, 6.45) is 2.91. The van der Waals surface area contributed by atoms with Gasteiger partial charge in [0, 0.05) is 19.5 Å². The molecule has 0 radical (unpaired) electrons. The first-order valence-corrected chi connectivity index (χ1v) is 8.63. The summed E-state index contributed by atoms with van der Waals surface area (Å²) in [4.78, 5) is 14.4. The lowest BCUT2D eigenvalue weighted by atomic mass is 9.98. The van der Waals surface area contributed by atoms with Gasteiger partial charge in [0.2, 0.25) is 12.7 Å². The van der Waals surface area contributed by atoms with Gasteiger partial charge in [0.15, 0.2) is 11.5 Å². The van der Waals surface area contributed by atoms with Crippen molar-refractivity contribution in [1.29, 1.82) is 0 Å². The maximum absolute atomic E-state index is 12.9. The number of fused-ring (bicyclic) bond motifs is 2. The highest BCUT2D eigenvalue weighted by Crippen LogP contribution is 2.36. The largest absolute Gasteiger partial charge is 0.454 e. The van der Waals surface area contributed by atoms with Gasteiger partial charge < -0.3 is 14.4 Å². The highest BCUT2D eigenvalue weighted by atomic mass is 19.1. The Labute approximate surface area is 146 Å². The molecule has 0 N–H and O–H groups in total. The van der Waals surface area contributed by atoms with Crippen molar-refractivity contribution in [3.05, 3.63) is 58.9 Å². The van der Waals surface area contributed by atoms with Gasteiger partial charge in [-0.15, -0.1) is 0 Å². The van der Waals surface area contributed by atoms with Crippen molar-refractivity contribution < 1.29 is 18.7 Å². The van der Waals surface area contributed by atoms with Crippen molar-refractivity contribution >= 4 is 5.91 Å². The molecular weight excluding hydrogens is 321 g/mol. The lowest BCUT2D eigenvalue weighted by Gasteiger charge is -2.29. The standard InChI is InChI=1S/C20H20FNO3/c21-17-6-4-14(5-7-17)2-1-3-20(23)22-9-8-15-10-18-19(25-13-24-18)11-16(15)12-22/h4-7,10-11H,1-3,8-9,12-13H2. The van der Waals surface area contributed by atoms with Crippen LogP contribution in [0.25, 0.3) is 0 Å². The molecule has 130 valence electrons. The lowest BCUT2D eigenvalue weighted by Crippen LogP contribution is -2.35. The first-order chi connectivity index (χ1) is 12.2. The van der Waals surface area contributed by atoms with Crippen LogP contribution in [-0.4, -0.2) is 24.1 Å². The molecule has 0 spiro atoms. The Morgan fingerprint density at radius 2 is 1.80 bits per heavy atom. The molecule has 2 aliphatic rings. The second-order valence-corrected chi connectivity index (χ2v) is 6.52. The van der Waals surface area contributed by atoms with Gasteiger partial charge in [0.05, 0.1) is 0 Å². The highest BCUT2D eigenvalue weighted by molar-refractivity contribution is 5.76. The predicted molar refractivity (Wildman–Crippen MR) is 91.0 cm³/mol. The topological polar surface area (TPSA) is 38.8 Å². The van der Waals surface area contributed by atoms with Gasteiger partial charge in [-0.25, -0.2) is 4.39 Å². The molecule has 2 aliphatic heterocycles. The van der Waals surface area contributed by atoms with Crippen LogP contribution in [0.3, 0.4) is 0 Å². The van der Waals surface area contributed by atoms with E-state index in [1.165, 1.54) is 17.7 Å². The number of amides is 1. The normalized spacial score (nSPS) is 15.2. The maximum atomic E-state index is 12.9. The zero-order valence-corrected chi connectivity index (χ0v) is 14.0. The molecule has 2 aromatic rings. The Balaban J connectivity index is 1.33. The molecule has 0 fully saturated rings. The fourth-order valence-corrected chi connectivity index (χ4v) is 3.41. The Kier molecular flexibility index (Phi) is 4.30. The summed E-state index contributed by atoms with van der Waals surface area (Å²) in [5.74, 6) is 1.51. The summed E-state index contributed by atoms with van der Waals surface area (Å²) >= 11 is 0. The minimum Gasteiger partial charge on any atom is -0.454 e. The molecule has 5 heteroatoms. The van der Waals surface area contributed by atoms with E-state index in [2.05, 4.69) is 0 Å². The van der Waals surface area contributed by atoms with E-state index < -0.39 is 0 Å². The number of ether oxygens (including phenoxy) is 2. The van der Waals surface area contributed by atoms with Crippen LogP contribution in [0.1, 0.15) is 29.5 Å². The third-order valence-electron chi connectivity index (χ3n) is 4.83. The number of rotatable bonds is 4. The second-order valence-electron chi connectivity index (χ2n) is 6.52. The Bertz CT molecular complexity index is 788. The van der Waals surface area contributed by atoms with Crippen molar-refractivity contribution in [3.8, 4) is 11.5 Å². The molecule has 25 heavy (non-hydrogen) atoms. The Morgan fingerprint density at radius 1 is 1.08 bits per heavy atom. The third-order valence-corrected chi connectivity index (χ3v) is 4.83. The summed E-state index contributed by atoms with van der Waals surface area (Å²) in [6.45, 7) is 1.63. The Hall–Kier alpha value is -2.56. The van der Waals surface area contributed by atoms with Gasteiger partial charge in [-0.2, -0.15) is 0 Å². The van der Waals surface area contributed by atoms with E-state index in [0.29, 0.717) is 13.0 Å². The number of hydrogen-bond donors (Lipinski definition) is 0. The quantitative estimate of drug-likeness (QED) is 0.855. The van der Waals surface area contributed by atoms with Crippen molar-refractivity contribution in [2.24, 2.45) is 0 Å². The first-order valence-electron chi connectivity index (χ1n) is 8.63. The lowest BCUT2D eigenvalue weighted by molar-refractivity contribution is -0.132. The van der Waals surface area contributed by atoms with E-state index in [-0.39, 0.29) is 18.5 Å². The van der Waals surface area contributed by atoms with Gasteiger partial charge >= 0.3 is 0 Å². The van der Waals surface area contributed by atoms with E-state index in [4.69, 9.17) is 9.47 Å². The van der Waals surface area contributed by atoms with Gasteiger partial charge in [0.1, 0.15) is 5.82 Å². The molecule has 0 bridgehead atoms. The van der Waals surface area contributed by atoms with Crippen LogP contribution in [0.2, 0.25) is 0 Å². The zero-order chi connectivity index (χ0) is 17.2. The highest BCUT2D eigenvalue weighted by Gasteiger charge is 2.24. The van der Waals surface area contributed by atoms with E-state index in [9.17, 15) is 9.18 Å². The third kappa shape index (κ3) is 3.45. The van der Waals surface area contributed by atoms with E-state index >= 15 is 0 Å². The van der Waals surface area contributed by atoms with Gasteiger partial charge in [-0.1, -0.05) is 12.1 Å². The first kappa shape index (κ1) is 15.9. The van der Waals surface area contributed by atoms with Crippen LogP contribution in [0.15, 0.2) is 36.4 Å². The number of hydrogen-bond acceptors (Lipinski definition) is 3. The van der Waals surface area contributed by atoms with Crippen LogP contribution in [0.4, 0.5) is 4.39 Å². The Morgan fingerprint density at radius 3 is 2.56 bits per heavy atom. The zero-order valence-electron chi connectivity index (χ0n) is 14.0. The molecule has 0 unspecified atom stereocenters. The number of aryl methyl sites for hydroxylation is 1. The molecule has 2 aromatic carbocycles. The predicted octanol–water partition coefficient (Wildman–Crippen LogP) is 3.46. The van der Waals surface area contributed by atoms with Crippen LogP contribution in [-0.2, 0) is 24.2 Å². The molecule has 0 aliphatic carbocycles. The van der Waals surface area contributed by atoms with Crippen LogP contribution >= 0.6 is 0 Å². The molecule has 4 rings (SSSR count). The molecular formula is C20H20FNO3. The van der Waals surface area contributed by atoms with Crippen LogP contribution in [0, 0.1) is 5.82 Å². The molecule has 0 saturated heterocycles. The maximum Gasteiger partial charge on any atom is 0.231 e. The monoisotopic (exact) mass is 341 g/mol. The van der Waals surface area contributed by atoms with Crippen LogP contribution < -0.4 is 9.47 Å².